The molecule has 0 aliphatic carbocycles. The molecule has 0 bridgehead atoms. The Morgan fingerprint density at radius 2 is 2.06 bits per heavy atom. The normalized spacial score (nSPS) is 13.2. The van der Waals surface area contributed by atoms with Crippen molar-refractivity contribution in [1.82, 2.24) is 0 Å². The molecule has 1 atom stereocenters. The number of halogens is 3. The second-order valence-corrected chi connectivity index (χ2v) is 3.58. The molecule has 17 heavy (non-hydrogen) atoms. The lowest BCUT2D eigenvalue weighted by Crippen LogP contribution is -2.19. The van der Waals surface area contributed by atoms with E-state index >= 15 is 0 Å². The van der Waals surface area contributed by atoms with E-state index < -0.39 is 12.3 Å². The molecule has 0 N–H and O–H groups in total. The van der Waals surface area contributed by atoms with Crippen LogP contribution in [0.3, 0.4) is 0 Å². The van der Waals surface area contributed by atoms with Crippen LogP contribution >= 0.6 is 0 Å². The molecule has 0 aromatic heterocycles. The molecule has 0 fully saturated rings. The van der Waals surface area contributed by atoms with E-state index in [1.807, 2.05) is 0 Å². The highest BCUT2D eigenvalue weighted by molar-refractivity contribution is 5.45. The zero-order chi connectivity index (χ0) is 13.1. The minimum atomic E-state index is -4.69. The number of hydrogen-bond acceptors (Lipinski definition) is 1. The monoisotopic (exact) mass is 243 g/mol. The highest BCUT2D eigenvalue weighted by atomic mass is 19.4. The molecule has 0 amide bonds. The quantitative estimate of drug-likeness (QED) is 0.718. The molecule has 1 aromatic carbocycles. The first-order valence-corrected chi connectivity index (χ1v) is 5.22. The molecule has 1 nitrogen and oxygen atoms in total. The van der Waals surface area contributed by atoms with Gasteiger partial charge in [0.1, 0.15) is 5.75 Å². The van der Waals surface area contributed by atoms with Crippen LogP contribution in [0.2, 0.25) is 0 Å². The molecule has 0 aliphatic heterocycles. The van der Waals surface area contributed by atoms with E-state index in [2.05, 4.69) is 18.2 Å². The average molecular weight is 243 g/mol. The molecule has 1 rings (SSSR count). The van der Waals surface area contributed by atoms with Gasteiger partial charge in [0.05, 0.1) is 0 Å². The number of allylic oxidation sites excluding steroid dienone is 1. The number of ether oxygens (including phenoxy) is 1. The van der Waals surface area contributed by atoms with E-state index in [9.17, 15) is 13.2 Å². The van der Waals surface area contributed by atoms with Crippen molar-refractivity contribution >= 4 is 0 Å². The summed E-state index contributed by atoms with van der Waals surface area (Å²) in [4.78, 5) is 0. The molecule has 0 saturated heterocycles. The lowest BCUT2D eigenvalue weighted by molar-refractivity contribution is -0.275. The fraction of sp³-hybridized carbons (Fsp3) is 0.308. The highest BCUT2D eigenvalue weighted by Gasteiger charge is 2.33. The van der Waals surface area contributed by atoms with Crippen molar-refractivity contribution in [3.05, 3.63) is 48.9 Å². The number of hydrogen-bond donors (Lipinski definition) is 0. The summed E-state index contributed by atoms with van der Waals surface area (Å²) in [5.41, 5.74) is 0.909. The van der Waals surface area contributed by atoms with Crippen molar-refractivity contribution in [2.75, 3.05) is 0 Å². The zero-order valence-electron chi connectivity index (χ0n) is 9.55. The van der Waals surface area contributed by atoms with Crippen molar-refractivity contribution < 1.29 is 17.9 Å². The second kappa shape index (κ2) is 5.25. The van der Waals surface area contributed by atoms with Crippen molar-refractivity contribution in [2.45, 2.75) is 25.6 Å². The van der Waals surface area contributed by atoms with Gasteiger partial charge in [0.15, 0.2) is 0 Å². The third-order valence-electron chi connectivity index (χ3n) is 2.41. The second-order valence-electron chi connectivity index (χ2n) is 3.58. The Kier molecular flexibility index (Phi) is 4.21. The predicted molar refractivity (Wildman–Crippen MR) is 60.8 cm³/mol. The lowest BCUT2D eigenvalue weighted by Gasteiger charge is -2.18. The number of para-hydroxylation sites is 1. The zero-order valence-corrected chi connectivity index (χ0v) is 9.55. The third-order valence-corrected chi connectivity index (χ3v) is 2.41. The van der Waals surface area contributed by atoms with Crippen LogP contribution in [0, 0.1) is 6.92 Å². The summed E-state index contributed by atoms with van der Waals surface area (Å²) in [5.74, 6) is -0.582. The minimum absolute atomic E-state index is 0.151. The summed E-state index contributed by atoms with van der Waals surface area (Å²) in [5, 5.41) is 0. The molecule has 0 aliphatic rings. The molecular formula is C13H14F3O. The van der Waals surface area contributed by atoms with Gasteiger partial charge in [0.2, 0.25) is 0 Å². The molecule has 0 heterocycles. The van der Waals surface area contributed by atoms with Gasteiger partial charge in [-0.15, -0.1) is 19.8 Å². The van der Waals surface area contributed by atoms with Crippen LogP contribution in [0.25, 0.3) is 0 Å². The molecule has 4 heteroatoms. The van der Waals surface area contributed by atoms with E-state index in [1.165, 1.54) is 6.08 Å². The molecule has 93 valence electrons. The standard InChI is InChI=1S/C13H14F3O/c1-4-9(3)11-8-6-7-10(5-2)12(11)17-13(14,15)16/h4,6-9H,1,3,5H2,2H3. The van der Waals surface area contributed by atoms with E-state index in [0.717, 1.165) is 0 Å². The van der Waals surface area contributed by atoms with Gasteiger partial charge in [-0.1, -0.05) is 31.2 Å². The fourth-order valence-corrected chi connectivity index (χ4v) is 1.54. The molecule has 0 spiro atoms. The molecule has 1 radical (unpaired) electrons. The Balaban J connectivity index is 3.25. The Bertz CT molecular complexity index is 396. The van der Waals surface area contributed by atoms with Crippen molar-refractivity contribution in [2.24, 2.45) is 0 Å². The molecule has 1 unspecified atom stereocenters. The SMILES string of the molecule is [CH2]C(C=C)c1cccc(CC)c1OC(F)(F)F. The van der Waals surface area contributed by atoms with Crippen molar-refractivity contribution in [3.63, 3.8) is 0 Å². The summed E-state index contributed by atoms with van der Waals surface area (Å²) in [6.45, 7) is 9.03. The average Bonchev–Trinajstić information content (AvgIpc) is 2.26. The maximum Gasteiger partial charge on any atom is 0.573 e. The topological polar surface area (TPSA) is 9.23 Å². The van der Waals surface area contributed by atoms with Crippen molar-refractivity contribution in [3.8, 4) is 5.75 Å². The highest BCUT2D eigenvalue weighted by Crippen LogP contribution is 2.34. The molecule has 0 saturated carbocycles. The van der Waals surface area contributed by atoms with Crippen LogP contribution in [0.5, 0.6) is 5.75 Å². The van der Waals surface area contributed by atoms with Crippen LogP contribution in [-0.2, 0) is 6.42 Å². The summed E-state index contributed by atoms with van der Waals surface area (Å²) in [6.07, 6.45) is -2.75. The first-order valence-electron chi connectivity index (χ1n) is 5.22. The first kappa shape index (κ1) is 13.6. The first-order chi connectivity index (χ1) is 7.89. The van der Waals surface area contributed by atoms with E-state index in [0.29, 0.717) is 17.5 Å². The van der Waals surface area contributed by atoms with Crippen LogP contribution in [0.15, 0.2) is 30.9 Å². The Morgan fingerprint density at radius 3 is 2.53 bits per heavy atom. The van der Waals surface area contributed by atoms with E-state index in [-0.39, 0.29) is 5.75 Å². The maximum atomic E-state index is 12.3. The van der Waals surface area contributed by atoms with Gasteiger partial charge in [-0.3, -0.25) is 0 Å². The van der Waals surface area contributed by atoms with Crippen molar-refractivity contribution in [1.29, 1.82) is 0 Å². The minimum Gasteiger partial charge on any atom is -0.405 e. The van der Waals surface area contributed by atoms with Gasteiger partial charge in [0, 0.05) is 11.5 Å². The Hall–Kier alpha value is -1.45. The van der Waals surface area contributed by atoms with E-state index in [1.54, 1.807) is 25.1 Å². The number of rotatable bonds is 4. The van der Waals surface area contributed by atoms with E-state index in [4.69, 9.17) is 0 Å². The summed E-state index contributed by atoms with van der Waals surface area (Å²) in [7, 11) is 0. The van der Waals surface area contributed by atoms with Gasteiger partial charge in [-0.25, -0.2) is 0 Å². The fourth-order valence-electron chi connectivity index (χ4n) is 1.54. The van der Waals surface area contributed by atoms with Crippen LogP contribution in [0.1, 0.15) is 24.0 Å². The van der Waals surface area contributed by atoms with Gasteiger partial charge < -0.3 is 4.74 Å². The summed E-state index contributed by atoms with van der Waals surface area (Å²) < 4.78 is 41.1. The number of alkyl halides is 3. The number of benzene rings is 1. The van der Waals surface area contributed by atoms with Crippen LogP contribution in [-0.4, -0.2) is 6.36 Å². The molecule has 1 aromatic rings. The smallest absolute Gasteiger partial charge is 0.405 e. The number of aryl methyl sites for hydroxylation is 1. The summed E-state index contributed by atoms with van der Waals surface area (Å²) in [6, 6.07) is 4.87. The lowest BCUT2D eigenvalue weighted by atomic mass is 9.97. The summed E-state index contributed by atoms with van der Waals surface area (Å²) >= 11 is 0. The Morgan fingerprint density at radius 1 is 1.41 bits per heavy atom. The van der Waals surface area contributed by atoms with Gasteiger partial charge in [-0.2, -0.15) is 0 Å². The Labute approximate surface area is 98.9 Å². The molecular weight excluding hydrogens is 229 g/mol. The van der Waals surface area contributed by atoms with Crippen LogP contribution in [0.4, 0.5) is 13.2 Å². The largest absolute Gasteiger partial charge is 0.573 e. The predicted octanol–water partition coefficient (Wildman–Crippen LogP) is 4.25. The van der Waals surface area contributed by atoms with Crippen LogP contribution < -0.4 is 4.74 Å². The van der Waals surface area contributed by atoms with Gasteiger partial charge >= 0.3 is 6.36 Å². The van der Waals surface area contributed by atoms with Gasteiger partial charge in [0.25, 0.3) is 0 Å². The van der Waals surface area contributed by atoms with Gasteiger partial charge in [-0.05, 0) is 18.9 Å². The maximum absolute atomic E-state index is 12.3. The third kappa shape index (κ3) is 3.51.